The second-order valence-corrected chi connectivity index (χ2v) is 5.21. The van der Waals surface area contributed by atoms with Crippen LogP contribution >= 0.6 is 0 Å². The Hall–Kier alpha value is -2.90. The molecule has 142 valence electrons. The van der Waals surface area contributed by atoms with Gasteiger partial charge in [0.05, 0.1) is 18.8 Å². The van der Waals surface area contributed by atoms with Crippen LogP contribution in [0.5, 0.6) is 5.75 Å². The maximum Gasteiger partial charge on any atom is 0.328 e. The molecule has 0 heterocycles. The molecule has 1 N–H and O–H groups in total. The summed E-state index contributed by atoms with van der Waals surface area (Å²) in [5, 5.41) is 2.52. The fourth-order valence-corrected chi connectivity index (χ4v) is 2.12. The summed E-state index contributed by atoms with van der Waals surface area (Å²) in [4.78, 5) is 47.3. The van der Waals surface area contributed by atoms with E-state index in [9.17, 15) is 19.2 Å². The largest absolute Gasteiger partial charge is 0.466 e. The minimum Gasteiger partial charge on any atom is -0.466 e. The number of amides is 1. The van der Waals surface area contributed by atoms with Gasteiger partial charge in [-0.1, -0.05) is 12.1 Å². The molecule has 8 heteroatoms. The number of carbonyl (C=O) groups excluding carboxylic acids is 4. The number of benzene rings is 1. The van der Waals surface area contributed by atoms with Crippen molar-refractivity contribution in [2.45, 2.75) is 39.7 Å². The van der Waals surface area contributed by atoms with Crippen LogP contribution < -0.4 is 10.1 Å². The lowest BCUT2D eigenvalue weighted by molar-refractivity contribution is -0.147. The van der Waals surface area contributed by atoms with Gasteiger partial charge in [0.2, 0.25) is 0 Å². The third-order valence-electron chi connectivity index (χ3n) is 3.20. The van der Waals surface area contributed by atoms with Crippen molar-refractivity contribution >= 4 is 23.8 Å². The number of nitrogens with one attached hydrogen (secondary N) is 1. The number of hydrogen-bond acceptors (Lipinski definition) is 7. The molecule has 0 spiro atoms. The SMILES string of the molecule is CCOC(=O)CCC(NC(=O)c1ccccc1OC(C)=O)C(=O)OCC. The zero-order valence-electron chi connectivity index (χ0n) is 15.1. The fraction of sp³-hybridized carbons (Fsp3) is 0.444. The van der Waals surface area contributed by atoms with Crippen molar-refractivity contribution in [1.29, 1.82) is 0 Å². The number of ether oxygens (including phenoxy) is 3. The third-order valence-corrected chi connectivity index (χ3v) is 3.20. The van der Waals surface area contributed by atoms with Gasteiger partial charge in [0.1, 0.15) is 11.8 Å². The van der Waals surface area contributed by atoms with Crippen molar-refractivity contribution in [2.75, 3.05) is 13.2 Å². The average molecular weight is 365 g/mol. The van der Waals surface area contributed by atoms with E-state index in [-0.39, 0.29) is 37.4 Å². The Morgan fingerprint density at radius 2 is 1.69 bits per heavy atom. The molecule has 1 rings (SSSR count). The molecule has 1 aromatic rings. The average Bonchev–Trinajstić information content (AvgIpc) is 2.58. The van der Waals surface area contributed by atoms with E-state index in [1.165, 1.54) is 19.1 Å². The highest BCUT2D eigenvalue weighted by atomic mass is 16.5. The summed E-state index contributed by atoms with van der Waals surface area (Å²) in [7, 11) is 0. The Balaban J connectivity index is 2.89. The number of rotatable bonds is 9. The zero-order chi connectivity index (χ0) is 19.5. The molecule has 8 nitrogen and oxygen atoms in total. The summed E-state index contributed by atoms with van der Waals surface area (Å²) < 4.78 is 14.8. The van der Waals surface area contributed by atoms with E-state index in [0.29, 0.717) is 0 Å². The smallest absolute Gasteiger partial charge is 0.328 e. The van der Waals surface area contributed by atoms with Gasteiger partial charge in [0.25, 0.3) is 5.91 Å². The molecule has 26 heavy (non-hydrogen) atoms. The highest BCUT2D eigenvalue weighted by Gasteiger charge is 2.25. The van der Waals surface area contributed by atoms with E-state index < -0.39 is 29.9 Å². The second kappa shape index (κ2) is 10.9. The summed E-state index contributed by atoms with van der Waals surface area (Å²) in [6.07, 6.45) is -0.0255. The maximum atomic E-state index is 12.5. The van der Waals surface area contributed by atoms with Gasteiger partial charge < -0.3 is 19.5 Å². The molecule has 1 unspecified atom stereocenters. The van der Waals surface area contributed by atoms with Gasteiger partial charge in [-0.2, -0.15) is 0 Å². The van der Waals surface area contributed by atoms with Crippen molar-refractivity contribution < 1.29 is 33.4 Å². The Kier molecular flexibility index (Phi) is 8.83. The number of para-hydroxylation sites is 1. The zero-order valence-corrected chi connectivity index (χ0v) is 15.1. The molecule has 0 bridgehead atoms. The predicted octanol–water partition coefficient (Wildman–Crippen LogP) is 1.62. The van der Waals surface area contributed by atoms with Crippen LogP contribution in [0.15, 0.2) is 24.3 Å². The van der Waals surface area contributed by atoms with E-state index in [0.717, 1.165) is 0 Å². The van der Waals surface area contributed by atoms with Crippen LogP contribution in [0.25, 0.3) is 0 Å². The Bertz CT molecular complexity index is 657. The minimum atomic E-state index is -1.03. The van der Waals surface area contributed by atoms with E-state index in [1.807, 2.05) is 0 Å². The molecule has 0 aromatic heterocycles. The molecule has 1 amide bonds. The Labute approximate surface area is 151 Å². The Morgan fingerprint density at radius 1 is 1.04 bits per heavy atom. The summed E-state index contributed by atoms with van der Waals surface area (Å²) in [6, 6.07) is 5.10. The van der Waals surface area contributed by atoms with Crippen molar-refractivity contribution in [3.8, 4) is 5.75 Å². The summed E-state index contributed by atoms with van der Waals surface area (Å²) >= 11 is 0. The van der Waals surface area contributed by atoms with Gasteiger partial charge in [-0.25, -0.2) is 4.79 Å². The van der Waals surface area contributed by atoms with Crippen LogP contribution in [-0.4, -0.2) is 43.1 Å². The second-order valence-electron chi connectivity index (χ2n) is 5.21. The highest BCUT2D eigenvalue weighted by Crippen LogP contribution is 2.18. The van der Waals surface area contributed by atoms with Crippen molar-refractivity contribution in [3.05, 3.63) is 29.8 Å². The summed E-state index contributed by atoms with van der Waals surface area (Å²) in [5.41, 5.74) is 0.0909. The highest BCUT2D eigenvalue weighted by molar-refractivity contribution is 5.99. The predicted molar refractivity (Wildman–Crippen MR) is 91.5 cm³/mol. The first-order valence-corrected chi connectivity index (χ1v) is 8.29. The fourth-order valence-electron chi connectivity index (χ4n) is 2.12. The van der Waals surface area contributed by atoms with Crippen LogP contribution in [0.4, 0.5) is 0 Å². The molecule has 0 radical (unpaired) electrons. The standard InChI is InChI=1S/C18H23NO7/c1-4-24-16(21)11-10-14(18(23)25-5-2)19-17(22)13-8-6-7-9-15(13)26-12(3)20/h6-9,14H,4-5,10-11H2,1-3H3,(H,19,22). The number of hydrogen-bond donors (Lipinski definition) is 1. The minimum absolute atomic E-state index is 0.0269. The number of esters is 3. The molecule has 1 aromatic carbocycles. The van der Waals surface area contributed by atoms with Gasteiger partial charge in [-0.3, -0.25) is 14.4 Å². The lowest BCUT2D eigenvalue weighted by Crippen LogP contribution is -2.42. The van der Waals surface area contributed by atoms with Gasteiger partial charge in [0.15, 0.2) is 0 Å². The molecule has 0 saturated heterocycles. The quantitative estimate of drug-likeness (QED) is 0.523. The summed E-state index contributed by atoms with van der Waals surface area (Å²) in [5.74, 6) is -2.25. The summed E-state index contributed by atoms with van der Waals surface area (Å²) in [6.45, 7) is 4.89. The van der Waals surface area contributed by atoms with E-state index >= 15 is 0 Å². The first kappa shape index (κ1) is 21.1. The normalized spacial score (nSPS) is 11.2. The first-order chi connectivity index (χ1) is 12.4. The molecule has 0 aliphatic heterocycles. The van der Waals surface area contributed by atoms with Crippen LogP contribution in [0.3, 0.4) is 0 Å². The van der Waals surface area contributed by atoms with E-state index in [1.54, 1.807) is 26.0 Å². The van der Waals surface area contributed by atoms with Gasteiger partial charge in [-0.05, 0) is 32.4 Å². The van der Waals surface area contributed by atoms with Crippen LogP contribution in [0.1, 0.15) is 44.0 Å². The molecule has 0 fully saturated rings. The monoisotopic (exact) mass is 365 g/mol. The topological polar surface area (TPSA) is 108 Å². The lowest BCUT2D eigenvalue weighted by Gasteiger charge is -2.18. The molecule has 0 saturated carbocycles. The van der Waals surface area contributed by atoms with Crippen molar-refractivity contribution in [1.82, 2.24) is 5.32 Å². The van der Waals surface area contributed by atoms with Crippen LogP contribution in [-0.2, 0) is 23.9 Å². The van der Waals surface area contributed by atoms with Crippen LogP contribution in [0, 0.1) is 0 Å². The Morgan fingerprint density at radius 3 is 2.31 bits per heavy atom. The number of carbonyl (C=O) groups is 4. The van der Waals surface area contributed by atoms with Gasteiger partial charge in [-0.15, -0.1) is 0 Å². The van der Waals surface area contributed by atoms with Gasteiger partial charge >= 0.3 is 17.9 Å². The third kappa shape index (κ3) is 6.92. The van der Waals surface area contributed by atoms with Crippen LogP contribution in [0.2, 0.25) is 0 Å². The maximum absolute atomic E-state index is 12.5. The lowest BCUT2D eigenvalue weighted by atomic mass is 10.1. The molecular formula is C18H23NO7. The van der Waals surface area contributed by atoms with Crippen molar-refractivity contribution in [3.63, 3.8) is 0 Å². The van der Waals surface area contributed by atoms with E-state index in [4.69, 9.17) is 14.2 Å². The molecule has 0 aliphatic rings. The van der Waals surface area contributed by atoms with Crippen molar-refractivity contribution in [2.24, 2.45) is 0 Å². The van der Waals surface area contributed by atoms with Gasteiger partial charge in [0, 0.05) is 13.3 Å². The van der Waals surface area contributed by atoms with E-state index in [2.05, 4.69) is 5.32 Å². The first-order valence-electron chi connectivity index (χ1n) is 8.29. The molecular weight excluding hydrogens is 342 g/mol. The molecule has 1 atom stereocenters. The molecule has 0 aliphatic carbocycles.